The van der Waals surface area contributed by atoms with Crippen LogP contribution in [0.25, 0.3) is 0 Å². The first-order valence-corrected chi connectivity index (χ1v) is 8.86. The van der Waals surface area contributed by atoms with Crippen LogP contribution < -0.4 is 5.40 Å². The van der Waals surface area contributed by atoms with Crippen molar-refractivity contribution in [1.82, 2.24) is 0 Å². The molecule has 0 aliphatic carbocycles. The number of nitrogens with two attached hydrogens (primary N) is 1. The second-order valence-electron chi connectivity index (χ2n) is 4.46. The second-order valence-corrected chi connectivity index (χ2v) is 7.13. The van der Waals surface area contributed by atoms with Gasteiger partial charge in [0.2, 0.25) is 0 Å². The molecule has 0 spiro atoms. The van der Waals surface area contributed by atoms with Gasteiger partial charge in [0.05, 0.1) is 0 Å². The molecule has 0 rings (SSSR count). The van der Waals surface area contributed by atoms with Gasteiger partial charge in [-0.3, -0.25) is 0 Å². The normalized spacial score (nSPS) is 11.1. The molecule has 0 unspecified atom stereocenters. The standard InChI is InChI=1S/C12H29NSi/c1-3-5-7-9-11-14(13)12-10-8-6-4-2/h14H,3-13H2,1-2H3. The molecular weight excluding hydrogens is 186 g/mol. The SMILES string of the molecule is CCCCCC[SiH](N)CCCCCC. The molecule has 0 saturated carbocycles. The molecule has 86 valence electrons. The average molecular weight is 215 g/mol. The average Bonchev–Trinajstić information content (AvgIpc) is 2.19. The molecular formula is C12H29NSi. The van der Waals surface area contributed by atoms with Gasteiger partial charge in [-0.2, -0.15) is 0 Å². The maximum atomic E-state index is 6.18. The Labute approximate surface area is 92.2 Å². The van der Waals surface area contributed by atoms with Gasteiger partial charge in [0.1, 0.15) is 8.96 Å². The van der Waals surface area contributed by atoms with E-state index in [-0.39, 0.29) is 0 Å². The summed E-state index contributed by atoms with van der Waals surface area (Å²) in [5, 5.41) is 6.18. The van der Waals surface area contributed by atoms with E-state index in [1.807, 2.05) is 0 Å². The maximum absolute atomic E-state index is 6.18. The topological polar surface area (TPSA) is 26.0 Å². The smallest absolute Gasteiger partial charge is 0.106 e. The molecule has 2 N–H and O–H groups in total. The van der Waals surface area contributed by atoms with Crippen molar-refractivity contribution < 1.29 is 0 Å². The monoisotopic (exact) mass is 215 g/mol. The molecule has 0 radical (unpaired) electrons. The Hall–Kier alpha value is 0.177. The van der Waals surface area contributed by atoms with E-state index in [9.17, 15) is 0 Å². The summed E-state index contributed by atoms with van der Waals surface area (Å²) in [5.74, 6) is 0. The van der Waals surface area contributed by atoms with E-state index in [4.69, 9.17) is 5.40 Å². The van der Waals surface area contributed by atoms with Gasteiger partial charge in [-0.1, -0.05) is 65.2 Å². The van der Waals surface area contributed by atoms with Crippen LogP contribution in [0.1, 0.15) is 65.2 Å². The lowest BCUT2D eigenvalue weighted by Gasteiger charge is -2.08. The summed E-state index contributed by atoms with van der Waals surface area (Å²) in [6.45, 7) is 4.53. The van der Waals surface area contributed by atoms with Crippen LogP contribution in [-0.4, -0.2) is 8.96 Å². The number of unbranched alkanes of at least 4 members (excludes halogenated alkanes) is 6. The van der Waals surface area contributed by atoms with E-state index in [0.717, 1.165) is 0 Å². The fraction of sp³-hybridized carbons (Fsp3) is 1.00. The van der Waals surface area contributed by atoms with E-state index in [1.165, 1.54) is 63.5 Å². The third-order valence-corrected chi connectivity index (χ3v) is 5.16. The molecule has 0 atom stereocenters. The molecule has 0 aromatic heterocycles. The lowest BCUT2D eigenvalue weighted by atomic mass is 10.2. The van der Waals surface area contributed by atoms with E-state index in [0.29, 0.717) is 0 Å². The molecule has 0 aromatic rings. The number of rotatable bonds is 10. The summed E-state index contributed by atoms with van der Waals surface area (Å²) in [6, 6.07) is 2.76. The van der Waals surface area contributed by atoms with Gasteiger partial charge in [-0.25, -0.2) is 0 Å². The number of hydrogen-bond donors (Lipinski definition) is 1. The van der Waals surface area contributed by atoms with Gasteiger partial charge in [0.15, 0.2) is 0 Å². The Bertz CT molecular complexity index is 94.5. The molecule has 0 aromatic carbocycles. The molecule has 0 fully saturated rings. The van der Waals surface area contributed by atoms with Crippen molar-refractivity contribution in [1.29, 1.82) is 0 Å². The zero-order chi connectivity index (χ0) is 10.6. The highest BCUT2D eigenvalue weighted by molar-refractivity contribution is 6.55. The summed E-state index contributed by atoms with van der Waals surface area (Å²) in [4.78, 5) is 0. The van der Waals surface area contributed by atoms with Crippen LogP contribution in [0.15, 0.2) is 0 Å². The lowest BCUT2D eigenvalue weighted by molar-refractivity contribution is 0.685. The van der Waals surface area contributed by atoms with Crippen molar-refractivity contribution in [2.24, 2.45) is 5.40 Å². The molecule has 0 aliphatic heterocycles. The fourth-order valence-electron chi connectivity index (χ4n) is 1.81. The summed E-state index contributed by atoms with van der Waals surface area (Å²) >= 11 is 0. The predicted octanol–water partition coefficient (Wildman–Crippen LogP) is 3.83. The molecule has 0 bridgehead atoms. The van der Waals surface area contributed by atoms with E-state index < -0.39 is 8.96 Å². The molecule has 2 heteroatoms. The third kappa shape index (κ3) is 10.3. The minimum absolute atomic E-state index is 0.787. The largest absolute Gasteiger partial charge is 0.353 e. The van der Waals surface area contributed by atoms with Crippen LogP contribution in [0.4, 0.5) is 0 Å². The summed E-state index contributed by atoms with van der Waals surface area (Å²) in [7, 11) is -0.787. The van der Waals surface area contributed by atoms with Crippen molar-refractivity contribution in [2.75, 3.05) is 0 Å². The maximum Gasteiger partial charge on any atom is 0.106 e. The first-order chi connectivity index (χ1) is 6.81. The minimum Gasteiger partial charge on any atom is -0.353 e. The highest BCUT2D eigenvalue weighted by atomic mass is 28.3. The molecule has 14 heavy (non-hydrogen) atoms. The van der Waals surface area contributed by atoms with E-state index >= 15 is 0 Å². The third-order valence-electron chi connectivity index (χ3n) is 2.86. The van der Waals surface area contributed by atoms with Crippen molar-refractivity contribution in [2.45, 2.75) is 77.3 Å². The molecule has 0 saturated heterocycles. The zero-order valence-corrected chi connectivity index (χ0v) is 11.4. The minimum atomic E-state index is -0.787. The summed E-state index contributed by atoms with van der Waals surface area (Å²) in [5.41, 5.74) is 0. The Morgan fingerprint density at radius 1 is 0.714 bits per heavy atom. The van der Waals surface area contributed by atoms with Crippen LogP contribution in [0.5, 0.6) is 0 Å². The molecule has 0 heterocycles. The molecule has 0 amide bonds. The van der Waals surface area contributed by atoms with Crippen LogP contribution in [0, 0.1) is 0 Å². The van der Waals surface area contributed by atoms with E-state index in [1.54, 1.807) is 0 Å². The highest BCUT2D eigenvalue weighted by Crippen LogP contribution is 2.10. The van der Waals surface area contributed by atoms with Crippen LogP contribution in [0.2, 0.25) is 12.1 Å². The van der Waals surface area contributed by atoms with Crippen molar-refractivity contribution in [3.05, 3.63) is 0 Å². The van der Waals surface area contributed by atoms with E-state index in [2.05, 4.69) is 13.8 Å². The number of hydrogen-bond acceptors (Lipinski definition) is 1. The van der Waals surface area contributed by atoms with Gasteiger partial charge >= 0.3 is 0 Å². The Balaban J connectivity index is 3.07. The highest BCUT2D eigenvalue weighted by Gasteiger charge is 2.03. The van der Waals surface area contributed by atoms with Crippen LogP contribution in [-0.2, 0) is 0 Å². The lowest BCUT2D eigenvalue weighted by Crippen LogP contribution is -2.24. The quantitative estimate of drug-likeness (QED) is 0.435. The summed E-state index contributed by atoms with van der Waals surface area (Å²) in [6.07, 6.45) is 11.1. The van der Waals surface area contributed by atoms with Crippen LogP contribution in [0.3, 0.4) is 0 Å². The predicted molar refractivity (Wildman–Crippen MR) is 69.2 cm³/mol. The van der Waals surface area contributed by atoms with Gasteiger partial charge in [0, 0.05) is 0 Å². The van der Waals surface area contributed by atoms with Crippen LogP contribution >= 0.6 is 0 Å². The second kappa shape index (κ2) is 11.3. The van der Waals surface area contributed by atoms with Gasteiger partial charge in [-0.05, 0) is 12.1 Å². The van der Waals surface area contributed by atoms with Crippen molar-refractivity contribution >= 4 is 8.96 Å². The zero-order valence-electron chi connectivity index (χ0n) is 10.2. The molecule has 1 nitrogen and oxygen atoms in total. The Morgan fingerprint density at radius 3 is 1.50 bits per heavy atom. The Kier molecular flexibility index (Phi) is 11.4. The summed E-state index contributed by atoms with van der Waals surface area (Å²) < 4.78 is 0. The van der Waals surface area contributed by atoms with Gasteiger partial charge in [-0.15, -0.1) is 0 Å². The first kappa shape index (κ1) is 14.2. The van der Waals surface area contributed by atoms with Crippen molar-refractivity contribution in [3.8, 4) is 0 Å². The fourth-order valence-corrected chi connectivity index (χ4v) is 3.73. The van der Waals surface area contributed by atoms with Crippen molar-refractivity contribution in [3.63, 3.8) is 0 Å². The van der Waals surface area contributed by atoms with Gasteiger partial charge in [0.25, 0.3) is 0 Å². The molecule has 0 aliphatic rings. The van der Waals surface area contributed by atoms with Gasteiger partial charge < -0.3 is 5.40 Å². The first-order valence-electron chi connectivity index (χ1n) is 6.56. The Morgan fingerprint density at radius 2 is 1.14 bits per heavy atom.